The third-order valence-corrected chi connectivity index (χ3v) is 3.54. The number of rotatable bonds is 4. The van der Waals surface area contributed by atoms with Crippen molar-refractivity contribution in [2.24, 2.45) is 0 Å². The minimum Gasteiger partial charge on any atom is -0.389 e. The molecule has 0 aliphatic carbocycles. The second-order valence-corrected chi connectivity index (χ2v) is 5.23. The smallest absolute Gasteiger partial charge is 0.185 e. The molecule has 6 heteroatoms. The van der Waals surface area contributed by atoms with Gasteiger partial charge in [0.15, 0.2) is 5.12 Å². The molecule has 2 aromatic rings. The predicted octanol–water partition coefficient (Wildman–Crippen LogP) is 1.24. The number of aliphatic hydroxyl groups excluding tert-OH is 2. The number of fused-ring (bicyclic) bond motifs is 1. The van der Waals surface area contributed by atoms with E-state index in [0.717, 1.165) is 22.7 Å². The summed E-state index contributed by atoms with van der Waals surface area (Å²) in [6.07, 6.45) is -0.295. The SMILES string of the molecule is CC(=O)SCC(O)C(O)c1ccc2cn[nH]c2c1. The molecule has 2 unspecified atom stereocenters. The lowest BCUT2D eigenvalue weighted by Crippen LogP contribution is -2.21. The van der Waals surface area contributed by atoms with E-state index in [9.17, 15) is 15.0 Å². The Labute approximate surface area is 108 Å². The first-order valence-corrected chi connectivity index (χ1v) is 6.49. The van der Waals surface area contributed by atoms with E-state index in [1.807, 2.05) is 6.07 Å². The van der Waals surface area contributed by atoms with Gasteiger partial charge < -0.3 is 10.2 Å². The van der Waals surface area contributed by atoms with Gasteiger partial charge in [-0.2, -0.15) is 5.10 Å². The molecule has 1 aromatic carbocycles. The van der Waals surface area contributed by atoms with E-state index in [-0.39, 0.29) is 10.9 Å². The zero-order valence-corrected chi connectivity index (χ0v) is 10.6. The van der Waals surface area contributed by atoms with Gasteiger partial charge >= 0.3 is 0 Å². The number of carbonyl (C=O) groups excluding carboxylic acids is 1. The number of thioether (sulfide) groups is 1. The number of aromatic nitrogens is 2. The summed E-state index contributed by atoms with van der Waals surface area (Å²) in [6.45, 7) is 1.43. The highest BCUT2D eigenvalue weighted by molar-refractivity contribution is 8.13. The Kier molecular flexibility index (Phi) is 4.00. The number of H-pyrrole nitrogens is 1. The largest absolute Gasteiger partial charge is 0.389 e. The van der Waals surface area contributed by atoms with Gasteiger partial charge in [0.1, 0.15) is 6.10 Å². The summed E-state index contributed by atoms with van der Waals surface area (Å²) in [6, 6.07) is 5.31. The predicted molar refractivity (Wildman–Crippen MR) is 70.2 cm³/mol. The van der Waals surface area contributed by atoms with E-state index >= 15 is 0 Å². The van der Waals surface area contributed by atoms with Crippen molar-refractivity contribution in [2.75, 3.05) is 5.75 Å². The first kappa shape index (κ1) is 13.1. The number of nitrogens with one attached hydrogen (secondary N) is 1. The Hall–Kier alpha value is -1.37. The van der Waals surface area contributed by atoms with Crippen molar-refractivity contribution >= 4 is 27.8 Å². The average Bonchev–Trinajstić information content (AvgIpc) is 2.81. The maximum Gasteiger partial charge on any atom is 0.185 e. The van der Waals surface area contributed by atoms with E-state index < -0.39 is 12.2 Å². The second-order valence-electron chi connectivity index (χ2n) is 4.03. The molecule has 0 bridgehead atoms. The number of carbonyl (C=O) groups is 1. The zero-order chi connectivity index (χ0) is 13.1. The minimum absolute atomic E-state index is 0.0785. The molecular weight excluding hydrogens is 252 g/mol. The summed E-state index contributed by atoms with van der Waals surface area (Å²) >= 11 is 0.999. The Morgan fingerprint density at radius 1 is 1.50 bits per heavy atom. The fourth-order valence-corrected chi connectivity index (χ4v) is 2.24. The van der Waals surface area contributed by atoms with Gasteiger partial charge in [0, 0.05) is 18.1 Å². The van der Waals surface area contributed by atoms with Crippen LogP contribution in [0.15, 0.2) is 24.4 Å². The van der Waals surface area contributed by atoms with Gasteiger partial charge in [-0.15, -0.1) is 0 Å². The van der Waals surface area contributed by atoms with Crippen LogP contribution in [0.25, 0.3) is 10.9 Å². The lowest BCUT2D eigenvalue weighted by molar-refractivity contribution is -0.109. The maximum absolute atomic E-state index is 10.8. The van der Waals surface area contributed by atoms with E-state index in [1.165, 1.54) is 6.92 Å². The molecule has 96 valence electrons. The summed E-state index contributed by atoms with van der Waals surface area (Å²) in [5, 5.41) is 27.3. The molecule has 1 aromatic heterocycles. The summed E-state index contributed by atoms with van der Waals surface area (Å²) in [7, 11) is 0. The maximum atomic E-state index is 10.8. The monoisotopic (exact) mass is 266 g/mol. The van der Waals surface area contributed by atoms with Crippen molar-refractivity contribution in [2.45, 2.75) is 19.1 Å². The average molecular weight is 266 g/mol. The normalized spacial score (nSPS) is 14.6. The molecule has 0 saturated carbocycles. The highest BCUT2D eigenvalue weighted by Crippen LogP contribution is 2.23. The Bertz CT molecular complexity index is 555. The zero-order valence-electron chi connectivity index (χ0n) is 9.83. The van der Waals surface area contributed by atoms with Crippen molar-refractivity contribution in [1.82, 2.24) is 10.2 Å². The van der Waals surface area contributed by atoms with Crippen LogP contribution in [0.3, 0.4) is 0 Å². The van der Waals surface area contributed by atoms with Gasteiger partial charge in [-0.25, -0.2) is 0 Å². The van der Waals surface area contributed by atoms with Crippen LogP contribution < -0.4 is 0 Å². The first-order valence-electron chi connectivity index (χ1n) is 5.50. The molecule has 0 fully saturated rings. The molecule has 2 atom stereocenters. The minimum atomic E-state index is -1.01. The van der Waals surface area contributed by atoms with Crippen molar-refractivity contribution in [3.8, 4) is 0 Å². The third kappa shape index (κ3) is 2.90. The molecule has 2 rings (SSSR count). The number of nitrogens with zero attached hydrogens (tertiary/aromatic N) is 1. The number of hydrogen-bond acceptors (Lipinski definition) is 5. The number of hydrogen-bond donors (Lipinski definition) is 3. The van der Waals surface area contributed by atoms with Crippen LogP contribution in [-0.4, -0.2) is 37.4 Å². The van der Waals surface area contributed by atoms with Crippen molar-refractivity contribution < 1.29 is 15.0 Å². The summed E-state index contributed by atoms with van der Waals surface area (Å²) in [5.74, 6) is 0.178. The Morgan fingerprint density at radius 3 is 3.00 bits per heavy atom. The molecule has 0 aliphatic heterocycles. The van der Waals surface area contributed by atoms with Gasteiger partial charge in [0.25, 0.3) is 0 Å². The van der Waals surface area contributed by atoms with Crippen molar-refractivity contribution in [3.05, 3.63) is 30.0 Å². The fourth-order valence-electron chi connectivity index (χ4n) is 1.65. The van der Waals surface area contributed by atoms with Crippen LogP contribution in [0.5, 0.6) is 0 Å². The lowest BCUT2D eigenvalue weighted by Gasteiger charge is -2.17. The Morgan fingerprint density at radius 2 is 2.28 bits per heavy atom. The van der Waals surface area contributed by atoms with Crippen LogP contribution in [0.4, 0.5) is 0 Å². The van der Waals surface area contributed by atoms with E-state index in [1.54, 1.807) is 18.3 Å². The van der Waals surface area contributed by atoms with Gasteiger partial charge in [-0.3, -0.25) is 9.89 Å². The molecule has 0 amide bonds. The molecular formula is C12H14N2O3S. The molecule has 0 spiro atoms. The molecule has 5 nitrogen and oxygen atoms in total. The van der Waals surface area contributed by atoms with Crippen LogP contribution >= 0.6 is 11.8 Å². The highest BCUT2D eigenvalue weighted by atomic mass is 32.2. The van der Waals surface area contributed by atoms with Crippen LogP contribution in [0.1, 0.15) is 18.6 Å². The van der Waals surface area contributed by atoms with Gasteiger partial charge in [-0.05, 0) is 11.6 Å². The summed E-state index contributed by atoms with van der Waals surface area (Å²) < 4.78 is 0. The summed E-state index contributed by atoms with van der Waals surface area (Å²) in [5.41, 5.74) is 1.40. The van der Waals surface area contributed by atoms with Gasteiger partial charge in [-0.1, -0.05) is 23.9 Å². The number of aromatic amines is 1. The molecule has 0 radical (unpaired) electrons. The van der Waals surface area contributed by atoms with E-state index in [0.29, 0.717) is 5.56 Å². The van der Waals surface area contributed by atoms with Crippen molar-refractivity contribution in [1.29, 1.82) is 0 Å². The molecule has 18 heavy (non-hydrogen) atoms. The van der Waals surface area contributed by atoms with Gasteiger partial charge in [0.05, 0.1) is 17.8 Å². The van der Waals surface area contributed by atoms with Crippen LogP contribution in [0, 0.1) is 0 Å². The lowest BCUT2D eigenvalue weighted by atomic mass is 10.0. The first-order chi connectivity index (χ1) is 8.58. The highest BCUT2D eigenvalue weighted by Gasteiger charge is 2.19. The van der Waals surface area contributed by atoms with Crippen LogP contribution in [-0.2, 0) is 4.79 Å². The standard InChI is InChI=1S/C12H14N2O3S/c1-7(15)18-6-11(16)12(17)8-2-3-9-5-13-14-10(9)4-8/h2-5,11-12,16-17H,6H2,1H3,(H,13,14). The quantitative estimate of drug-likeness (QED) is 0.775. The number of benzene rings is 1. The Balaban J connectivity index is 2.11. The van der Waals surface area contributed by atoms with Gasteiger partial charge in [0.2, 0.25) is 0 Å². The molecule has 3 N–H and O–H groups in total. The molecule has 0 saturated heterocycles. The third-order valence-electron chi connectivity index (χ3n) is 2.63. The van der Waals surface area contributed by atoms with E-state index in [2.05, 4.69) is 10.2 Å². The number of aliphatic hydroxyl groups is 2. The molecule has 0 aliphatic rings. The molecule has 1 heterocycles. The topological polar surface area (TPSA) is 86.2 Å². The summed E-state index contributed by atoms with van der Waals surface area (Å²) in [4.78, 5) is 10.8. The fraction of sp³-hybridized carbons (Fsp3) is 0.333. The van der Waals surface area contributed by atoms with E-state index in [4.69, 9.17) is 0 Å². The second kappa shape index (κ2) is 5.51. The van der Waals surface area contributed by atoms with Crippen molar-refractivity contribution in [3.63, 3.8) is 0 Å². The van der Waals surface area contributed by atoms with Crippen LogP contribution in [0.2, 0.25) is 0 Å².